The Morgan fingerprint density at radius 2 is 1.82 bits per heavy atom. The third-order valence-corrected chi connectivity index (χ3v) is 4.39. The number of methoxy groups -OCH3 is 1. The molecular formula is C18H23F2N3O5. The summed E-state index contributed by atoms with van der Waals surface area (Å²) < 4.78 is 34.2. The van der Waals surface area contributed by atoms with E-state index in [0.717, 1.165) is 0 Å². The van der Waals surface area contributed by atoms with E-state index in [2.05, 4.69) is 4.74 Å². The second-order valence-corrected chi connectivity index (χ2v) is 6.23. The van der Waals surface area contributed by atoms with Crippen LogP contribution in [0.5, 0.6) is 11.5 Å². The number of piperazine rings is 1. The maximum absolute atomic E-state index is 12.4. The minimum atomic E-state index is -2.97. The van der Waals surface area contributed by atoms with Gasteiger partial charge in [0.2, 0.25) is 5.91 Å². The van der Waals surface area contributed by atoms with Gasteiger partial charge in [-0.05, 0) is 24.6 Å². The van der Waals surface area contributed by atoms with Gasteiger partial charge in [0.1, 0.15) is 6.54 Å². The van der Waals surface area contributed by atoms with Crippen LogP contribution >= 0.6 is 0 Å². The Labute approximate surface area is 161 Å². The Hall–Kier alpha value is -2.91. The van der Waals surface area contributed by atoms with Crippen LogP contribution in [0.25, 0.3) is 0 Å². The molecule has 1 saturated heterocycles. The fourth-order valence-corrected chi connectivity index (χ4v) is 2.82. The van der Waals surface area contributed by atoms with Gasteiger partial charge in [-0.25, -0.2) is 0 Å². The first-order chi connectivity index (χ1) is 13.3. The molecule has 1 fully saturated rings. The Bertz CT molecular complexity index is 744. The minimum Gasteiger partial charge on any atom is -0.493 e. The molecule has 3 amide bonds. The number of nitrogens with zero attached hydrogens (tertiary/aromatic N) is 3. The van der Waals surface area contributed by atoms with Gasteiger partial charge < -0.3 is 24.2 Å². The Balaban J connectivity index is 1.99. The molecule has 0 unspecified atom stereocenters. The van der Waals surface area contributed by atoms with Crippen LogP contribution in [0.2, 0.25) is 0 Å². The van der Waals surface area contributed by atoms with E-state index in [9.17, 15) is 23.2 Å². The lowest BCUT2D eigenvalue weighted by Gasteiger charge is -2.33. The summed E-state index contributed by atoms with van der Waals surface area (Å²) >= 11 is 0. The molecule has 8 nitrogen and oxygen atoms in total. The standard InChI is InChI=1S/C18H23F2N3O5/c1-4-22-7-8-23(17(26)16(22)25)11-15(24)21(2)10-12-5-6-13(28-18(19)20)14(9-12)27-3/h5-6,9,18H,4,7-8,10-11H2,1-3H3. The molecule has 0 spiro atoms. The van der Waals surface area contributed by atoms with Crippen LogP contribution in [-0.4, -0.2) is 79.4 Å². The SMILES string of the molecule is CCN1CCN(CC(=O)N(C)Cc2ccc(OC(F)F)c(OC)c2)C(=O)C1=O. The molecule has 1 aliphatic heterocycles. The number of alkyl halides is 2. The average Bonchev–Trinajstić information content (AvgIpc) is 2.66. The predicted molar refractivity (Wildman–Crippen MR) is 94.9 cm³/mol. The Kier molecular flexibility index (Phi) is 7.13. The lowest BCUT2D eigenvalue weighted by molar-refractivity contribution is -0.157. The summed E-state index contributed by atoms with van der Waals surface area (Å²) in [5, 5.41) is 0. The zero-order valence-electron chi connectivity index (χ0n) is 16.0. The van der Waals surface area contributed by atoms with Gasteiger partial charge in [-0.2, -0.15) is 8.78 Å². The summed E-state index contributed by atoms with van der Waals surface area (Å²) in [4.78, 5) is 40.5. The number of amides is 3. The van der Waals surface area contributed by atoms with Crippen molar-refractivity contribution in [3.05, 3.63) is 23.8 Å². The van der Waals surface area contributed by atoms with Crippen LogP contribution in [-0.2, 0) is 20.9 Å². The van der Waals surface area contributed by atoms with E-state index in [1.54, 1.807) is 20.0 Å². The van der Waals surface area contributed by atoms with E-state index in [1.807, 2.05) is 0 Å². The van der Waals surface area contributed by atoms with Crippen molar-refractivity contribution < 1.29 is 32.6 Å². The number of rotatable bonds is 8. The van der Waals surface area contributed by atoms with Crippen LogP contribution < -0.4 is 9.47 Å². The summed E-state index contributed by atoms with van der Waals surface area (Å²) in [7, 11) is 2.87. The second kappa shape index (κ2) is 9.34. The van der Waals surface area contributed by atoms with Crippen molar-refractivity contribution >= 4 is 17.7 Å². The molecule has 0 aliphatic carbocycles. The van der Waals surface area contributed by atoms with E-state index < -0.39 is 18.4 Å². The maximum Gasteiger partial charge on any atom is 0.387 e. The number of hydrogen-bond acceptors (Lipinski definition) is 5. The summed E-state index contributed by atoms with van der Waals surface area (Å²) in [5.41, 5.74) is 0.632. The van der Waals surface area contributed by atoms with E-state index >= 15 is 0 Å². The quantitative estimate of drug-likeness (QED) is 0.608. The molecule has 0 atom stereocenters. The van der Waals surface area contributed by atoms with Gasteiger partial charge in [-0.1, -0.05) is 6.07 Å². The molecule has 1 aliphatic rings. The minimum absolute atomic E-state index is 0.104. The highest BCUT2D eigenvalue weighted by atomic mass is 19.3. The monoisotopic (exact) mass is 399 g/mol. The number of benzene rings is 1. The normalized spacial score (nSPS) is 14.5. The van der Waals surface area contributed by atoms with E-state index in [0.29, 0.717) is 25.2 Å². The molecule has 1 aromatic carbocycles. The summed E-state index contributed by atoms with van der Waals surface area (Å²) in [6.45, 7) is -0.0987. The fourth-order valence-electron chi connectivity index (χ4n) is 2.82. The molecule has 28 heavy (non-hydrogen) atoms. The summed E-state index contributed by atoms with van der Waals surface area (Å²) in [6, 6.07) is 4.37. The number of carbonyl (C=O) groups is 3. The van der Waals surface area contributed by atoms with Crippen LogP contribution in [0.4, 0.5) is 8.78 Å². The van der Waals surface area contributed by atoms with Gasteiger partial charge in [0.05, 0.1) is 7.11 Å². The van der Waals surface area contributed by atoms with Crippen molar-refractivity contribution in [1.29, 1.82) is 0 Å². The molecule has 0 radical (unpaired) electrons. The first kappa shape index (κ1) is 21.4. The Morgan fingerprint density at radius 3 is 2.43 bits per heavy atom. The largest absolute Gasteiger partial charge is 0.493 e. The molecule has 0 N–H and O–H groups in total. The van der Waals surface area contributed by atoms with Crippen LogP contribution in [0.3, 0.4) is 0 Å². The third kappa shape index (κ3) is 5.08. The number of halogens is 2. The first-order valence-corrected chi connectivity index (χ1v) is 8.70. The van der Waals surface area contributed by atoms with E-state index in [4.69, 9.17) is 4.74 Å². The molecule has 154 valence electrons. The highest BCUT2D eigenvalue weighted by Gasteiger charge is 2.33. The number of ether oxygens (including phenoxy) is 2. The van der Waals surface area contributed by atoms with Gasteiger partial charge in [0, 0.05) is 33.2 Å². The number of hydrogen-bond donors (Lipinski definition) is 0. The lowest BCUT2D eigenvalue weighted by atomic mass is 10.2. The van der Waals surface area contributed by atoms with Crippen molar-refractivity contribution in [1.82, 2.24) is 14.7 Å². The van der Waals surface area contributed by atoms with Crippen molar-refractivity contribution in [2.24, 2.45) is 0 Å². The van der Waals surface area contributed by atoms with Gasteiger partial charge in [-0.3, -0.25) is 14.4 Å². The zero-order valence-corrected chi connectivity index (χ0v) is 16.0. The second-order valence-electron chi connectivity index (χ2n) is 6.23. The molecule has 10 heteroatoms. The van der Waals surface area contributed by atoms with E-state index in [-0.39, 0.29) is 30.5 Å². The van der Waals surface area contributed by atoms with Crippen molar-refractivity contribution in [2.75, 3.05) is 40.3 Å². The first-order valence-electron chi connectivity index (χ1n) is 8.70. The molecule has 0 aromatic heterocycles. The van der Waals surface area contributed by atoms with Crippen LogP contribution in [0, 0.1) is 0 Å². The summed E-state index contributed by atoms with van der Waals surface area (Å²) in [6.07, 6.45) is 0. The van der Waals surface area contributed by atoms with Crippen LogP contribution in [0.1, 0.15) is 12.5 Å². The highest BCUT2D eigenvalue weighted by molar-refractivity contribution is 6.35. The van der Waals surface area contributed by atoms with Crippen LogP contribution in [0.15, 0.2) is 18.2 Å². The molecule has 1 aromatic rings. The smallest absolute Gasteiger partial charge is 0.387 e. The highest BCUT2D eigenvalue weighted by Crippen LogP contribution is 2.29. The van der Waals surface area contributed by atoms with Crippen molar-refractivity contribution in [3.63, 3.8) is 0 Å². The van der Waals surface area contributed by atoms with E-state index in [1.165, 1.54) is 33.9 Å². The Morgan fingerprint density at radius 1 is 1.18 bits per heavy atom. The maximum atomic E-state index is 12.4. The predicted octanol–water partition coefficient (Wildman–Crippen LogP) is 0.946. The number of carbonyl (C=O) groups excluding carboxylic acids is 3. The van der Waals surface area contributed by atoms with Gasteiger partial charge in [0.25, 0.3) is 0 Å². The molecular weight excluding hydrogens is 376 g/mol. The topological polar surface area (TPSA) is 79.4 Å². The van der Waals surface area contributed by atoms with Crippen molar-refractivity contribution in [3.8, 4) is 11.5 Å². The third-order valence-electron chi connectivity index (χ3n) is 4.39. The number of likely N-dealkylation sites (N-methyl/N-ethyl adjacent to an activating group) is 2. The van der Waals surface area contributed by atoms with Crippen molar-refractivity contribution in [2.45, 2.75) is 20.1 Å². The molecule has 0 bridgehead atoms. The molecule has 2 rings (SSSR count). The lowest BCUT2D eigenvalue weighted by Crippen LogP contribution is -2.56. The summed E-state index contributed by atoms with van der Waals surface area (Å²) in [5.74, 6) is -1.63. The zero-order chi connectivity index (χ0) is 20.8. The molecule has 1 heterocycles. The van der Waals surface area contributed by atoms with Gasteiger partial charge in [0.15, 0.2) is 11.5 Å². The van der Waals surface area contributed by atoms with Gasteiger partial charge >= 0.3 is 18.4 Å². The average molecular weight is 399 g/mol. The van der Waals surface area contributed by atoms with Gasteiger partial charge in [-0.15, -0.1) is 0 Å². The fraction of sp³-hybridized carbons (Fsp3) is 0.500. The molecule has 0 saturated carbocycles.